The fourth-order valence-corrected chi connectivity index (χ4v) is 2.83. The molecule has 1 fully saturated rings. The van der Waals surface area contributed by atoms with Crippen LogP contribution in [0.25, 0.3) is 0 Å². The zero-order valence-corrected chi connectivity index (χ0v) is 11.7. The predicted octanol–water partition coefficient (Wildman–Crippen LogP) is 3.26. The van der Waals surface area contributed by atoms with Crippen molar-refractivity contribution in [2.45, 2.75) is 39.5 Å². The smallest absolute Gasteiger partial charge is 0.272 e. The lowest BCUT2D eigenvalue weighted by molar-refractivity contribution is 0.0551. The maximum absolute atomic E-state index is 13.0. The summed E-state index contributed by atoms with van der Waals surface area (Å²) in [7, 11) is 0. The molecule has 0 aliphatic carbocycles. The average Bonchev–Trinajstić information content (AvgIpc) is 2.46. The van der Waals surface area contributed by atoms with Crippen molar-refractivity contribution in [1.82, 2.24) is 9.88 Å². The fourth-order valence-electron chi connectivity index (χ4n) is 2.83. The molecule has 1 saturated heterocycles. The van der Waals surface area contributed by atoms with Crippen molar-refractivity contribution in [2.75, 3.05) is 13.1 Å². The third-order valence-electron chi connectivity index (χ3n) is 4.55. The van der Waals surface area contributed by atoms with E-state index < -0.39 is 5.95 Å². The summed E-state index contributed by atoms with van der Waals surface area (Å²) in [6, 6.07) is 4.36. The molecule has 0 spiro atoms. The first-order valence-corrected chi connectivity index (χ1v) is 7.02. The maximum Gasteiger partial charge on any atom is 0.272 e. The highest BCUT2D eigenvalue weighted by Crippen LogP contribution is 2.38. The van der Waals surface area contributed by atoms with Crippen LogP contribution in [0.1, 0.15) is 50.0 Å². The van der Waals surface area contributed by atoms with Gasteiger partial charge in [0.2, 0.25) is 5.95 Å². The molecule has 0 aromatic carbocycles. The van der Waals surface area contributed by atoms with Crippen molar-refractivity contribution < 1.29 is 9.18 Å². The van der Waals surface area contributed by atoms with Gasteiger partial charge in [-0.1, -0.05) is 32.8 Å². The Labute approximate surface area is 113 Å². The first-order valence-electron chi connectivity index (χ1n) is 7.02. The Kier molecular flexibility index (Phi) is 4.17. The van der Waals surface area contributed by atoms with Crippen LogP contribution in [0.2, 0.25) is 0 Å². The summed E-state index contributed by atoms with van der Waals surface area (Å²) in [6.45, 7) is 5.93. The molecule has 1 amide bonds. The van der Waals surface area contributed by atoms with Gasteiger partial charge in [0.05, 0.1) is 0 Å². The van der Waals surface area contributed by atoms with E-state index in [9.17, 15) is 9.18 Å². The van der Waals surface area contributed by atoms with Crippen molar-refractivity contribution in [1.29, 1.82) is 0 Å². The monoisotopic (exact) mass is 264 g/mol. The standard InChI is InChI=1S/C15H21FN2O/c1-3-15(4-2)8-10-18(11-9-15)14(19)12-6-5-7-13(16)17-12/h5-7H,3-4,8-11H2,1-2H3. The number of nitrogens with zero attached hydrogens (tertiary/aromatic N) is 2. The number of carbonyl (C=O) groups excluding carboxylic acids is 1. The summed E-state index contributed by atoms with van der Waals surface area (Å²) < 4.78 is 13.0. The fraction of sp³-hybridized carbons (Fsp3) is 0.600. The molecule has 1 aromatic rings. The van der Waals surface area contributed by atoms with Gasteiger partial charge in [-0.05, 0) is 30.4 Å². The first kappa shape index (κ1) is 14.0. The number of hydrogen-bond acceptors (Lipinski definition) is 2. The highest BCUT2D eigenvalue weighted by Gasteiger charge is 2.33. The number of carbonyl (C=O) groups is 1. The van der Waals surface area contributed by atoms with Gasteiger partial charge in [-0.25, -0.2) is 4.98 Å². The summed E-state index contributed by atoms with van der Waals surface area (Å²) in [5.41, 5.74) is 0.590. The van der Waals surface area contributed by atoms with E-state index in [1.165, 1.54) is 12.1 Å². The number of hydrogen-bond donors (Lipinski definition) is 0. The summed E-state index contributed by atoms with van der Waals surface area (Å²) in [5, 5.41) is 0. The molecule has 2 rings (SSSR count). The Hall–Kier alpha value is -1.45. The van der Waals surface area contributed by atoms with Gasteiger partial charge in [-0.2, -0.15) is 4.39 Å². The highest BCUT2D eigenvalue weighted by atomic mass is 19.1. The quantitative estimate of drug-likeness (QED) is 0.785. The van der Waals surface area contributed by atoms with Crippen molar-refractivity contribution in [3.8, 4) is 0 Å². The molecule has 1 aliphatic rings. The molecule has 4 heteroatoms. The molecule has 1 aromatic heterocycles. The number of pyridine rings is 1. The summed E-state index contributed by atoms with van der Waals surface area (Å²) >= 11 is 0. The van der Waals surface area contributed by atoms with Gasteiger partial charge < -0.3 is 4.90 Å². The van der Waals surface area contributed by atoms with Crippen LogP contribution >= 0.6 is 0 Å². The van der Waals surface area contributed by atoms with E-state index in [1.54, 1.807) is 11.0 Å². The van der Waals surface area contributed by atoms with Crippen molar-refractivity contribution >= 4 is 5.91 Å². The Balaban J connectivity index is 2.04. The van der Waals surface area contributed by atoms with E-state index in [0.717, 1.165) is 38.8 Å². The normalized spacial score (nSPS) is 18.4. The van der Waals surface area contributed by atoms with Gasteiger partial charge in [-0.3, -0.25) is 4.79 Å². The van der Waals surface area contributed by atoms with Gasteiger partial charge in [-0.15, -0.1) is 0 Å². The number of rotatable bonds is 3. The molecule has 0 unspecified atom stereocenters. The van der Waals surface area contributed by atoms with Crippen LogP contribution in [0.3, 0.4) is 0 Å². The molecule has 19 heavy (non-hydrogen) atoms. The third kappa shape index (κ3) is 2.94. The summed E-state index contributed by atoms with van der Waals surface area (Å²) in [4.78, 5) is 17.7. The molecule has 2 heterocycles. The molecule has 0 saturated carbocycles. The zero-order chi connectivity index (χ0) is 13.9. The lowest BCUT2D eigenvalue weighted by Crippen LogP contribution is -2.43. The first-order chi connectivity index (χ1) is 9.10. The molecular weight excluding hydrogens is 243 g/mol. The number of likely N-dealkylation sites (tertiary alicyclic amines) is 1. The summed E-state index contributed by atoms with van der Waals surface area (Å²) in [6.07, 6.45) is 4.37. The molecule has 0 radical (unpaired) electrons. The molecular formula is C15H21FN2O. The van der Waals surface area contributed by atoms with Crippen molar-refractivity contribution in [3.63, 3.8) is 0 Å². The summed E-state index contributed by atoms with van der Waals surface area (Å²) in [5.74, 6) is -0.750. The van der Waals surface area contributed by atoms with Crippen LogP contribution in [0.5, 0.6) is 0 Å². The van der Waals surface area contributed by atoms with Gasteiger partial charge in [0, 0.05) is 13.1 Å². The van der Waals surface area contributed by atoms with Crippen LogP contribution in [0, 0.1) is 11.4 Å². The molecule has 3 nitrogen and oxygen atoms in total. The van der Waals surface area contributed by atoms with Gasteiger partial charge in [0.1, 0.15) is 5.69 Å². The number of aromatic nitrogens is 1. The molecule has 0 atom stereocenters. The minimum atomic E-state index is -0.598. The molecule has 0 bridgehead atoms. The maximum atomic E-state index is 13.0. The van der Waals surface area contributed by atoms with E-state index in [1.807, 2.05) is 0 Å². The number of amides is 1. The predicted molar refractivity (Wildman–Crippen MR) is 72.3 cm³/mol. The second-order valence-electron chi connectivity index (χ2n) is 5.34. The molecule has 1 aliphatic heterocycles. The van der Waals surface area contributed by atoms with E-state index in [0.29, 0.717) is 5.41 Å². The SMILES string of the molecule is CCC1(CC)CCN(C(=O)c2cccc(F)n2)CC1. The van der Waals surface area contributed by atoms with Crippen LogP contribution in [0.4, 0.5) is 4.39 Å². The Morgan fingerprint density at radius 2 is 1.95 bits per heavy atom. The van der Waals surface area contributed by atoms with E-state index in [2.05, 4.69) is 18.8 Å². The van der Waals surface area contributed by atoms with Crippen LogP contribution in [0.15, 0.2) is 18.2 Å². The van der Waals surface area contributed by atoms with Crippen LogP contribution < -0.4 is 0 Å². The van der Waals surface area contributed by atoms with Crippen molar-refractivity contribution in [3.05, 3.63) is 29.8 Å². The number of halogens is 1. The van der Waals surface area contributed by atoms with Crippen molar-refractivity contribution in [2.24, 2.45) is 5.41 Å². The number of piperidine rings is 1. The van der Waals surface area contributed by atoms with E-state index >= 15 is 0 Å². The Morgan fingerprint density at radius 1 is 1.32 bits per heavy atom. The average molecular weight is 264 g/mol. The van der Waals surface area contributed by atoms with Crippen LogP contribution in [-0.2, 0) is 0 Å². The minimum absolute atomic E-state index is 0.152. The highest BCUT2D eigenvalue weighted by molar-refractivity contribution is 5.92. The lowest BCUT2D eigenvalue weighted by Gasteiger charge is -2.40. The van der Waals surface area contributed by atoms with Gasteiger partial charge >= 0.3 is 0 Å². The van der Waals surface area contributed by atoms with Gasteiger partial charge in [0.25, 0.3) is 5.91 Å². The second kappa shape index (κ2) is 5.68. The largest absolute Gasteiger partial charge is 0.337 e. The van der Waals surface area contributed by atoms with Crippen LogP contribution in [-0.4, -0.2) is 28.9 Å². The minimum Gasteiger partial charge on any atom is -0.337 e. The Morgan fingerprint density at radius 3 is 2.47 bits per heavy atom. The van der Waals surface area contributed by atoms with E-state index in [4.69, 9.17) is 0 Å². The second-order valence-corrected chi connectivity index (χ2v) is 5.34. The molecule has 104 valence electrons. The zero-order valence-electron chi connectivity index (χ0n) is 11.7. The topological polar surface area (TPSA) is 33.2 Å². The van der Waals surface area contributed by atoms with E-state index in [-0.39, 0.29) is 11.6 Å². The molecule has 0 N–H and O–H groups in total. The Bertz CT molecular complexity index is 447. The van der Waals surface area contributed by atoms with Gasteiger partial charge in [0.15, 0.2) is 0 Å². The lowest BCUT2D eigenvalue weighted by atomic mass is 9.74. The third-order valence-corrected chi connectivity index (χ3v) is 4.55.